The van der Waals surface area contributed by atoms with Crippen LogP contribution in [-0.4, -0.2) is 9.97 Å². The fraction of sp³-hybridized carbons (Fsp3) is 0. The van der Waals surface area contributed by atoms with Crippen LogP contribution in [-0.2, 0) is 0 Å². The number of aromatic nitrogens is 2. The molecule has 0 unspecified atom stereocenters. The van der Waals surface area contributed by atoms with Crippen LogP contribution < -0.4 is 11.5 Å². The van der Waals surface area contributed by atoms with Crippen molar-refractivity contribution in [2.75, 3.05) is 11.5 Å². The van der Waals surface area contributed by atoms with Gasteiger partial charge < -0.3 is 11.5 Å². The lowest BCUT2D eigenvalue weighted by Crippen LogP contribution is -1.93. The Kier molecular flexibility index (Phi) is 1.33. The first-order valence-corrected chi connectivity index (χ1v) is 3.52. The third kappa shape index (κ3) is 0.934. The van der Waals surface area contributed by atoms with Crippen molar-refractivity contribution >= 4 is 22.3 Å². The molecule has 0 amide bonds. The van der Waals surface area contributed by atoms with E-state index in [4.69, 9.17) is 11.5 Å². The van der Waals surface area contributed by atoms with Gasteiger partial charge in [-0.1, -0.05) is 0 Å². The van der Waals surface area contributed by atoms with Crippen LogP contribution in [0.5, 0.6) is 0 Å². The number of hydrogen-bond donors (Lipinski definition) is 2. The van der Waals surface area contributed by atoms with Gasteiger partial charge in [0.25, 0.3) is 0 Å². The standard InChI is InChI=1S/C8H8N4/c9-6-1-5-3-11-4-12-8(5)7(10)2-6/h1-4H,9-10H2. The zero-order chi connectivity index (χ0) is 8.55. The number of hydrogen-bond acceptors (Lipinski definition) is 4. The summed E-state index contributed by atoms with van der Waals surface area (Å²) in [4.78, 5) is 7.90. The van der Waals surface area contributed by atoms with Crippen LogP contribution in [0.2, 0.25) is 0 Å². The minimum absolute atomic E-state index is 0.590. The number of fused-ring (bicyclic) bond motifs is 1. The molecule has 4 nitrogen and oxygen atoms in total. The fourth-order valence-electron chi connectivity index (χ4n) is 1.16. The summed E-state index contributed by atoms with van der Waals surface area (Å²) in [5, 5.41) is 0.870. The number of nitrogen functional groups attached to an aromatic ring is 2. The average Bonchev–Trinajstić information content (AvgIpc) is 2.04. The molecule has 0 spiro atoms. The van der Waals surface area contributed by atoms with Crippen molar-refractivity contribution in [2.45, 2.75) is 0 Å². The normalized spacial score (nSPS) is 10.3. The smallest absolute Gasteiger partial charge is 0.116 e. The van der Waals surface area contributed by atoms with Crippen LogP contribution in [0.25, 0.3) is 10.9 Å². The molecule has 4 heteroatoms. The highest BCUT2D eigenvalue weighted by Crippen LogP contribution is 2.20. The molecule has 4 N–H and O–H groups in total. The topological polar surface area (TPSA) is 77.8 Å². The van der Waals surface area contributed by atoms with Crippen molar-refractivity contribution in [2.24, 2.45) is 0 Å². The van der Waals surface area contributed by atoms with E-state index in [0.717, 1.165) is 10.9 Å². The zero-order valence-corrected chi connectivity index (χ0v) is 6.36. The van der Waals surface area contributed by atoms with Gasteiger partial charge in [0, 0.05) is 17.3 Å². The lowest BCUT2D eigenvalue weighted by molar-refractivity contribution is 1.22. The van der Waals surface area contributed by atoms with Gasteiger partial charge in [-0.05, 0) is 12.1 Å². The SMILES string of the molecule is Nc1cc(N)c2ncncc2c1. The molecule has 2 rings (SSSR count). The van der Waals surface area contributed by atoms with Gasteiger partial charge in [0.2, 0.25) is 0 Å². The van der Waals surface area contributed by atoms with Crippen LogP contribution in [0.4, 0.5) is 11.4 Å². The summed E-state index contributed by atoms with van der Waals surface area (Å²) >= 11 is 0. The maximum atomic E-state index is 5.69. The fourth-order valence-corrected chi connectivity index (χ4v) is 1.16. The second-order valence-electron chi connectivity index (χ2n) is 2.57. The van der Waals surface area contributed by atoms with Gasteiger partial charge in [0.1, 0.15) is 6.33 Å². The largest absolute Gasteiger partial charge is 0.399 e. The summed E-state index contributed by atoms with van der Waals surface area (Å²) in [5.41, 5.74) is 13.2. The summed E-state index contributed by atoms with van der Waals surface area (Å²) in [6.45, 7) is 0. The molecule has 12 heavy (non-hydrogen) atoms. The molecule has 0 atom stereocenters. The van der Waals surface area contributed by atoms with Crippen LogP contribution in [0.3, 0.4) is 0 Å². The van der Waals surface area contributed by atoms with Crippen molar-refractivity contribution in [3.05, 3.63) is 24.7 Å². The summed E-state index contributed by atoms with van der Waals surface area (Å²) in [6.07, 6.45) is 3.16. The van der Waals surface area contributed by atoms with E-state index in [0.29, 0.717) is 11.4 Å². The first-order chi connectivity index (χ1) is 5.77. The Labute approximate surface area is 69.2 Å². The van der Waals surface area contributed by atoms with Crippen LogP contribution in [0.1, 0.15) is 0 Å². The molecule has 0 fully saturated rings. The Morgan fingerprint density at radius 1 is 1.17 bits per heavy atom. The van der Waals surface area contributed by atoms with Crippen molar-refractivity contribution < 1.29 is 0 Å². The van der Waals surface area contributed by atoms with Crippen molar-refractivity contribution in [3.63, 3.8) is 0 Å². The molecular formula is C8H8N4. The molecule has 60 valence electrons. The monoisotopic (exact) mass is 160 g/mol. The predicted molar refractivity (Wildman–Crippen MR) is 48.4 cm³/mol. The number of rotatable bonds is 0. The minimum atomic E-state index is 0.590. The van der Waals surface area contributed by atoms with E-state index in [9.17, 15) is 0 Å². The van der Waals surface area contributed by atoms with Crippen LogP contribution in [0, 0.1) is 0 Å². The second-order valence-corrected chi connectivity index (χ2v) is 2.57. The third-order valence-corrected chi connectivity index (χ3v) is 1.66. The molecule has 0 bridgehead atoms. The van der Waals surface area contributed by atoms with E-state index >= 15 is 0 Å². The first kappa shape index (κ1) is 6.84. The molecule has 0 saturated heterocycles. The zero-order valence-electron chi connectivity index (χ0n) is 6.36. The van der Waals surface area contributed by atoms with E-state index in [1.165, 1.54) is 6.33 Å². The Balaban J connectivity index is 2.89. The Morgan fingerprint density at radius 2 is 2.00 bits per heavy atom. The molecule has 0 radical (unpaired) electrons. The van der Waals surface area contributed by atoms with Crippen LogP contribution >= 0.6 is 0 Å². The Hall–Kier alpha value is -1.84. The summed E-state index contributed by atoms with van der Waals surface area (Å²) in [6, 6.07) is 3.49. The van der Waals surface area contributed by atoms with E-state index in [1.807, 2.05) is 0 Å². The van der Waals surface area contributed by atoms with Gasteiger partial charge in [-0.15, -0.1) is 0 Å². The van der Waals surface area contributed by atoms with E-state index in [-0.39, 0.29) is 0 Å². The van der Waals surface area contributed by atoms with Crippen molar-refractivity contribution in [1.29, 1.82) is 0 Å². The highest BCUT2D eigenvalue weighted by Gasteiger charge is 1.99. The molecule has 0 aliphatic heterocycles. The Bertz CT molecular complexity index is 424. The molecule has 1 aromatic heterocycles. The van der Waals surface area contributed by atoms with E-state index < -0.39 is 0 Å². The summed E-state index contributed by atoms with van der Waals surface area (Å²) in [5.74, 6) is 0. The van der Waals surface area contributed by atoms with Crippen molar-refractivity contribution in [1.82, 2.24) is 9.97 Å². The highest BCUT2D eigenvalue weighted by atomic mass is 14.8. The van der Waals surface area contributed by atoms with Crippen molar-refractivity contribution in [3.8, 4) is 0 Å². The summed E-state index contributed by atoms with van der Waals surface area (Å²) < 4.78 is 0. The summed E-state index contributed by atoms with van der Waals surface area (Å²) in [7, 11) is 0. The molecule has 2 aromatic rings. The van der Waals surface area contributed by atoms with E-state index in [2.05, 4.69) is 9.97 Å². The average molecular weight is 160 g/mol. The van der Waals surface area contributed by atoms with Gasteiger partial charge in [-0.3, -0.25) is 0 Å². The number of anilines is 2. The van der Waals surface area contributed by atoms with Gasteiger partial charge in [0.05, 0.1) is 11.2 Å². The molecule has 0 aliphatic rings. The Morgan fingerprint density at radius 3 is 2.83 bits per heavy atom. The molecule has 1 heterocycles. The first-order valence-electron chi connectivity index (χ1n) is 3.52. The molecule has 0 aliphatic carbocycles. The van der Waals surface area contributed by atoms with Gasteiger partial charge in [-0.25, -0.2) is 9.97 Å². The number of nitrogens with zero attached hydrogens (tertiary/aromatic N) is 2. The quantitative estimate of drug-likeness (QED) is 0.558. The van der Waals surface area contributed by atoms with Gasteiger partial charge in [-0.2, -0.15) is 0 Å². The molecule has 0 saturated carbocycles. The maximum absolute atomic E-state index is 5.69. The number of nitrogens with two attached hydrogens (primary N) is 2. The van der Waals surface area contributed by atoms with Crippen LogP contribution in [0.15, 0.2) is 24.7 Å². The second kappa shape index (κ2) is 2.34. The predicted octanol–water partition coefficient (Wildman–Crippen LogP) is 0.794. The maximum Gasteiger partial charge on any atom is 0.116 e. The third-order valence-electron chi connectivity index (χ3n) is 1.66. The highest BCUT2D eigenvalue weighted by molar-refractivity contribution is 5.91. The van der Waals surface area contributed by atoms with Gasteiger partial charge in [0.15, 0.2) is 0 Å². The van der Waals surface area contributed by atoms with Gasteiger partial charge >= 0.3 is 0 Å². The molecule has 1 aromatic carbocycles. The van der Waals surface area contributed by atoms with E-state index in [1.54, 1.807) is 18.3 Å². The molecular weight excluding hydrogens is 152 g/mol. The minimum Gasteiger partial charge on any atom is -0.399 e. The number of benzene rings is 1. The lowest BCUT2D eigenvalue weighted by atomic mass is 10.2. The lowest BCUT2D eigenvalue weighted by Gasteiger charge is -2.00.